The Morgan fingerprint density at radius 3 is 2.73 bits per heavy atom. The van der Waals surface area contributed by atoms with Crippen LogP contribution in [0.25, 0.3) is 0 Å². The summed E-state index contributed by atoms with van der Waals surface area (Å²) < 4.78 is 0. The number of carbonyl (C=O) groups is 1. The fraction of sp³-hybridized carbons (Fsp3) is 0.500. The molecule has 0 radical (unpaired) electrons. The molecule has 4 heteroatoms. The van der Waals surface area contributed by atoms with E-state index in [1.807, 2.05) is 6.08 Å². The van der Waals surface area contributed by atoms with Crippen molar-refractivity contribution in [2.24, 2.45) is 0 Å². The van der Waals surface area contributed by atoms with Gasteiger partial charge in [0.05, 0.1) is 0 Å². The maximum atomic E-state index is 11.0. The number of nitrogens with one attached hydrogen (secondary N) is 1. The minimum Gasteiger partial charge on any atom is -0.478 e. The second-order valence-electron chi connectivity index (χ2n) is 6.23. The van der Waals surface area contributed by atoms with Gasteiger partial charge in [0.1, 0.15) is 0 Å². The highest BCUT2D eigenvalue weighted by molar-refractivity contribution is 5.87. The SMILES string of the molecule is O=C(O)C1=CCC(NCc2ccccc2N2CCCCC2)C1. The summed E-state index contributed by atoms with van der Waals surface area (Å²) in [4.78, 5) is 13.5. The van der Waals surface area contributed by atoms with E-state index in [9.17, 15) is 4.79 Å². The topological polar surface area (TPSA) is 52.6 Å². The van der Waals surface area contributed by atoms with Crippen molar-refractivity contribution in [3.05, 3.63) is 41.5 Å². The van der Waals surface area contributed by atoms with Crippen molar-refractivity contribution in [3.63, 3.8) is 0 Å². The Balaban J connectivity index is 1.60. The lowest BCUT2D eigenvalue weighted by atomic mass is 10.1. The third-order valence-electron chi connectivity index (χ3n) is 4.66. The third-order valence-corrected chi connectivity index (χ3v) is 4.66. The molecule has 2 N–H and O–H groups in total. The molecule has 0 bridgehead atoms. The van der Waals surface area contributed by atoms with Gasteiger partial charge >= 0.3 is 5.97 Å². The minimum atomic E-state index is -0.780. The fourth-order valence-electron chi connectivity index (χ4n) is 3.40. The van der Waals surface area contributed by atoms with Crippen molar-refractivity contribution in [2.45, 2.75) is 44.7 Å². The largest absolute Gasteiger partial charge is 0.478 e. The van der Waals surface area contributed by atoms with Crippen LogP contribution in [0, 0.1) is 0 Å². The van der Waals surface area contributed by atoms with Crippen LogP contribution in [0.4, 0.5) is 5.69 Å². The van der Waals surface area contributed by atoms with Gasteiger partial charge < -0.3 is 15.3 Å². The number of benzene rings is 1. The summed E-state index contributed by atoms with van der Waals surface area (Å²) in [5.41, 5.74) is 3.19. The molecule has 3 rings (SSSR count). The Labute approximate surface area is 131 Å². The molecule has 118 valence electrons. The van der Waals surface area contributed by atoms with Crippen LogP contribution < -0.4 is 10.2 Å². The summed E-state index contributed by atoms with van der Waals surface area (Å²) in [6.07, 6.45) is 7.17. The first kappa shape index (κ1) is 15.1. The monoisotopic (exact) mass is 300 g/mol. The highest BCUT2D eigenvalue weighted by atomic mass is 16.4. The van der Waals surface area contributed by atoms with E-state index in [0.717, 1.165) is 26.1 Å². The van der Waals surface area contributed by atoms with Crippen LogP contribution in [-0.4, -0.2) is 30.2 Å². The van der Waals surface area contributed by atoms with Crippen LogP contribution in [-0.2, 0) is 11.3 Å². The van der Waals surface area contributed by atoms with Gasteiger partial charge in [-0.3, -0.25) is 0 Å². The molecule has 1 fully saturated rings. The summed E-state index contributed by atoms with van der Waals surface area (Å²) in [6, 6.07) is 8.82. The predicted molar refractivity (Wildman–Crippen MR) is 88.1 cm³/mol. The number of piperidine rings is 1. The molecule has 1 atom stereocenters. The molecular formula is C18H24N2O2. The van der Waals surface area contributed by atoms with E-state index in [-0.39, 0.29) is 6.04 Å². The van der Waals surface area contributed by atoms with Gasteiger partial charge in [0, 0.05) is 36.9 Å². The molecule has 1 aliphatic heterocycles. The number of hydrogen-bond acceptors (Lipinski definition) is 3. The number of hydrogen-bond donors (Lipinski definition) is 2. The van der Waals surface area contributed by atoms with Gasteiger partial charge in [0.2, 0.25) is 0 Å². The van der Waals surface area contributed by atoms with Gasteiger partial charge in [0.15, 0.2) is 0 Å². The van der Waals surface area contributed by atoms with Crippen molar-refractivity contribution < 1.29 is 9.90 Å². The number of nitrogens with zero attached hydrogens (tertiary/aromatic N) is 1. The van der Waals surface area contributed by atoms with E-state index in [1.54, 1.807) is 0 Å². The lowest BCUT2D eigenvalue weighted by molar-refractivity contribution is -0.132. The molecule has 1 heterocycles. The van der Waals surface area contributed by atoms with Crippen LogP contribution in [0.1, 0.15) is 37.7 Å². The average molecular weight is 300 g/mol. The van der Waals surface area contributed by atoms with Gasteiger partial charge in [-0.15, -0.1) is 0 Å². The lowest BCUT2D eigenvalue weighted by Crippen LogP contribution is -2.32. The molecule has 1 aliphatic carbocycles. The number of anilines is 1. The van der Waals surface area contributed by atoms with E-state index >= 15 is 0 Å². The number of para-hydroxylation sites is 1. The number of rotatable bonds is 5. The summed E-state index contributed by atoms with van der Waals surface area (Å²) >= 11 is 0. The van der Waals surface area contributed by atoms with Crippen molar-refractivity contribution in [1.82, 2.24) is 5.32 Å². The number of aliphatic carboxylic acids is 1. The molecule has 1 aromatic carbocycles. The Bertz CT molecular complexity index is 562. The van der Waals surface area contributed by atoms with Gasteiger partial charge in [-0.05, 0) is 43.7 Å². The van der Waals surface area contributed by atoms with Crippen LogP contribution >= 0.6 is 0 Å². The van der Waals surface area contributed by atoms with Gasteiger partial charge in [-0.2, -0.15) is 0 Å². The number of carboxylic acids is 1. The molecule has 4 nitrogen and oxygen atoms in total. The van der Waals surface area contributed by atoms with E-state index in [0.29, 0.717) is 12.0 Å². The van der Waals surface area contributed by atoms with Crippen molar-refractivity contribution in [3.8, 4) is 0 Å². The van der Waals surface area contributed by atoms with Crippen molar-refractivity contribution >= 4 is 11.7 Å². The highest BCUT2D eigenvalue weighted by Gasteiger charge is 2.21. The molecule has 0 aromatic heterocycles. The molecule has 1 aromatic rings. The molecule has 0 saturated carbocycles. The number of carboxylic acid groups (broad SMARTS) is 1. The normalized spacial score (nSPS) is 21.7. The summed E-state index contributed by atoms with van der Waals surface area (Å²) in [6.45, 7) is 3.09. The molecule has 22 heavy (non-hydrogen) atoms. The Kier molecular flexibility index (Phi) is 4.78. The zero-order valence-electron chi connectivity index (χ0n) is 12.9. The Hall–Kier alpha value is -1.81. The van der Waals surface area contributed by atoms with Gasteiger partial charge in [-0.1, -0.05) is 24.3 Å². The maximum Gasteiger partial charge on any atom is 0.331 e. The van der Waals surface area contributed by atoms with Gasteiger partial charge in [-0.25, -0.2) is 4.79 Å². The van der Waals surface area contributed by atoms with Gasteiger partial charge in [0.25, 0.3) is 0 Å². The molecule has 1 saturated heterocycles. The highest BCUT2D eigenvalue weighted by Crippen LogP contribution is 2.25. The maximum absolute atomic E-state index is 11.0. The molecular weight excluding hydrogens is 276 g/mol. The Morgan fingerprint density at radius 1 is 1.23 bits per heavy atom. The third kappa shape index (κ3) is 3.50. The van der Waals surface area contributed by atoms with Crippen LogP contribution in [0.3, 0.4) is 0 Å². The first-order valence-corrected chi connectivity index (χ1v) is 8.22. The summed E-state index contributed by atoms with van der Waals surface area (Å²) in [7, 11) is 0. The fourth-order valence-corrected chi connectivity index (χ4v) is 3.40. The summed E-state index contributed by atoms with van der Waals surface area (Å²) in [5, 5.41) is 12.5. The first-order valence-electron chi connectivity index (χ1n) is 8.22. The molecule has 0 spiro atoms. The molecule has 2 aliphatic rings. The molecule has 1 unspecified atom stereocenters. The average Bonchev–Trinajstić information content (AvgIpc) is 3.03. The second kappa shape index (κ2) is 6.97. The van der Waals surface area contributed by atoms with E-state index in [1.165, 1.54) is 30.5 Å². The zero-order valence-corrected chi connectivity index (χ0v) is 12.9. The Morgan fingerprint density at radius 2 is 2.00 bits per heavy atom. The van der Waals surface area contributed by atoms with E-state index < -0.39 is 5.97 Å². The lowest BCUT2D eigenvalue weighted by Gasteiger charge is -2.31. The van der Waals surface area contributed by atoms with Crippen LogP contribution in [0.15, 0.2) is 35.9 Å². The smallest absolute Gasteiger partial charge is 0.331 e. The first-order chi connectivity index (χ1) is 10.7. The van der Waals surface area contributed by atoms with Crippen molar-refractivity contribution in [1.29, 1.82) is 0 Å². The van der Waals surface area contributed by atoms with Crippen LogP contribution in [0.5, 0.6) is 0 Å². The van der Waals surface area contributed by atoms with Crippen LogP contribution in [0.2, 0.25) is 0 Å². The van der Waals surface area contributed by atoms with E-state index in [4.69, 9.17) is 5.11 Å². The van der Waals surface area contributed by atoms with E-state index in [2.05, 4.69) is 34.5 Å². The predicted octanol–water partition coefficient (Wildman–Crippen LogP) is 2.94. The summed E-state index contributed by atoms with van der Waals surface area (Å²) in [5.74, 6) is -0.780. The second-order valence-corrected chi connectivity index (χ2v) is 6.23. The minimum absolute atomic E-state index is 0.250. The zero-order chi connectivity index (χ0) is 15.4. The quantitative estimate of drug-likeness (QED) is 0.878. The standard InChI is InChI=1S/C18H24N2O2/c21-18(22)14-8-9-16(12-14)19-13-15-6-2-3-7-17(15)20-10-4-1-5-11-20/h2-3,6-8,16,19H,1,4-5,9-13H2,(H,21,22). The van der Waals surface area contributed by atoms with Crippen molar-refractivity contribution in [2.75, 3.05) is 18.0 Å². The molecule has 0 amide bonds.